The smallest absolute Gasteiger partial charge is 0.251 e. The molecule has 2 aromatic rings. The van der Waals surface area contributed by atoms with Crippen molar-refractivity contribution in [2.24, 2.45) is 0 Å². The molecule has 1 amide bonds. The Kier molecular flexibility index (Phi) is 4.49. The molecule has 1 saturated carbocycles. The highest BCUT2D eigenvalue weighted by Crippen LogP contribution is 2.39. The molecule has 1 aliphatic heterocycles. The fourth-order valence-electron chi connectivity index (χ4n) is 4.04. The Balaban J connectivity index is 1.52. The number of nitrogens with one attached hydrogen (secondary N) is 1. The fourth-order valence-corrected chi connectivity index (χ4v) is 4.04. The Morgan fingerprint density at radius 3 is 2.15 bits per heavy atom. The Labute approximate surface area is 153 Å². The van der Waals surface area contributed by atoms with Gasteiger partial charge >= 0.3 is 0 Å². The zero-order chi connectivity index (χ0) is 18.0. The SMILES string of the molecule is O=C(NC1(c2ccc(F)cc2)CCCC1)c1ccc(N2CC=CC2)cc1. The molecule has 1 fully saturated rings. The van der Waals surface area contributed by atoms with Gasteiger partial charge in [-0.1, -0.05) is 37.1 Å². The van der Waals surface area contributed by atoms with E-state index in [1.807, 2.05) is 24.3 Å². The Hall–Kier alpha value is -2.62. The molecule has 4 heteroatoms. The highest BCUT2D eigenvalue weighted by Gasteiger charge is 2.37. The van der Waals surface area contributed by atoms with Crippen LogP contribution in [0.5, 0.6) is 0 Å². The quantitative estimate of drug-likeness (QED) is 0.829. The van der Waals surface area contributed by atoms with Crippen LogP contribution in [-0.2, 0) is 5.54 Å². The average molecular weight is 350 g/mol. The normalized spacial score (nSPS) is 18.3. The summed E-state index contributed by atoms with van der Waals surface area (Å²) in [6.07, 6.45) is 8.21. The predicted octanol–water partition coefficient (Wildman–Crippen LogP) is 4.40. The van der Waals surface area contributed by atoms with E-state index in [1.54, 1.807) is 12.1 Å². The largest absolute Gasteiger partial charge is 0.364 e. The van der Waals surface area contributed by atoms with Crippen molar-refractivity contribution in [1.29, 1.82) is 0 Å². The topological polar surface area (TPSA) is 32.3 Å². The minimum atomic E-state index is -0.387. The Bertz CT molecular complexity index is 797. The van der Waals surface area contributed by atoms with E-state index in [1.165, 1.54) is 12.1 Å². The molecule has 1 aliphatic carbocycles. The van der Waals surface area contributed by atoms with Gasteiger partial charge in [-0.15, -0.1) is 0 Å². The van der Waals surface area contributed by atoms with Gasteiger partial charge in [0.1, 0.15) is 5.82 Å². The van der Waals surface area contributed by atoms with Gasteiger partial charge in [0.15, 0.2) is 0 Å². The first-order chi connectivity index (χ1) is 12.7. The second kappa shape index (κ2) is 6.94. The van der Waals surface area contributed by atoms with Crippen LogP contribution in [-0.4, -0.2) is 19.0 Å². The third-order valence-corrected chi connectivity index (χ3v) is 5.52. The van der Waals surface area contributed by atoms with Gasteiger partial charge in [0, 0.05) is 24.3 Å². The maximum atomic E-state index is 13.3. The van der Waals surface area contributed by atoms with E-state index in [-0.39, 0.29) is 17.3 Å². The van der Waals surface area contributed by atoms with E-state index in [2.05, 4.69) is 22.4 Å². The summed E-state index contributed by atoms with van der Waals surface area (Å²) in [5.74, 6) is -0.317. The Morgan fingerprint density at radius 2 is 1.54 bits per heavy atom. The van der Waals surface area contributed by atoms with E-state index < -0.39 is 0 Å². The van der Waals surface area contributed by atoms with Crippen LogP contribution in [0.25, 0.3) is 0 Å². The van der Waals surface area contributed by atoms with Crippen LogP contribution in [0.2, 0.25) is 0 Å². The summed E-state index contributed by atoms with van der Waals surface area (Å²) in [5, 5.41) is 3.25. The van der Waals surface area contributed by atoms with Crippen LogP contribution in [0.4, 0.5) is 10.1 Å². The molecule has 0 atom stereocenters. The van der Waals surface area contributed by atoms with Crippen LogP contribution in [0.3, 0.4) is 0 Å². The van der Waals surface area contributed by atoms with E-state index in [4.69, 9.17) is 0 Å². The fraction of sp³-hybridized carbons (Fsp3) is 0.318. The molecule has 0 aromatic heterocycles. The minimum absolute atomic E-state index is 0.0673. The molecular weight excluding hydrogens is 327 g/mol. The van der Waals surface area contributed by atoms with Gasteiger partial charge in [0.25, 0.3) is 5.91 Å². The molecule has 2 aliphatic rings. The first-order valence-electron chi connectivity index (χ1n) is 9.25. The third-order valence-electron chi connectivity index (χ3n) is 5.52. The van der Waals surface area contributed by atoms with Gasteiger partial charge in [-0.05, 0) is 54.8 Å². The lowest BCUT2D eigenvalue weighted by molar-refractivity contribution is 0.0898. The van der Waals surface area contributed by atoms with Gasteiger partial charge in [-0.3, -0.25) is 4.79 Å². The first kappa shape index (κ1) is 16.8. The molecule has 0 saturated heterocycles. The summed E-state index contributed by atoms with van der Waals surface area (Å²) < 4.78 is 13.3. The number of rotatable bonds is 4. The zero-order valence-corrected chi connectivity index (χ0v) is 14.7. The van der Waals surface area contributed by atoms with Crippen LogP contribution in [0.15, 0.2) is 60.7 Å². The molecule has 4 rings (SSSR count). The maximum absolute atomic E-state index is 13.3. The number of hydrogen-bond donors (Lipinski definition) is 1. The molecule has 1 N–H and O–H groups in total. The molecule has 26 heavy (non-hydrogen) atoms. The van der Waals surface area contributed by atoms with Gasteiger partial charge in [-0.2, -0.15) is 0 Å². The van der Waals surface area contributed by atoms with Crippen LogP contribution >= 0.6 is 0 Å². The number of nitrogens with zero attached hydrogens (tertiary/aromatic N) is 1. The molecular formula is C22H23FN2O. The zero-order valence-electron chi connectivity index (χ0n) is 14.7. The Morgan fingerprint density at radius 1 is 0.923 bits per heavy atom. The van der Waals surface area contributed by atoms with Crippen LogP contribution in [0.1, 0.15) is 41.6 Å². The molecule has 3 nitrogen and oxygen atoms in total. The highest BCUT2D eigenvalue weighted by molar-refractivity contribution is 5.95. The van der Waals surface area contributed by atoms with E-state index in [9.17, 15) is 9.18 Å². The first-order valence-corrected chi connectivity index (χ1v) is 9.25. The van der Waals surface area contributed by atoms with E-state index in [0.29, 0.717) is 5.56 Å². The lowest BCUT2D eigenvalue weighted by atomic mass is 9.87. The number of halogens is 1. The number of hydrogen-bond acceptors (Lipinski definition) is 2. The number of carbonyl (C=O) groups is 1. The van der Waals surface area contributed by atoms with Crippen molar-refractivity contribution in [3.05, 3.63) is 77.6 Å². The van der Waals surface area contributed by atoms with Gasteiger partial charge in [0.2, 0.25) is 0 Å². The monoisotopic (exact) mass is 350 g/mol. The highest BCUT2D eigenvalue weighted by atomic mass is 19.1. The molecule has 1 heterocycles. The van der Waals surface area contributed by atoms with Gasteiger partial charge in [-0.25, -0.2) is 4.39 Å². The summed E-state index contributed by atoms with van der Waals surface area (Å²) >= 11 is 0. The van der Waals surface area contributed by atoms with Crippen molar-refractivity contribution < 1.29 is 9.18 Å². The number of benzene rings is 2. The van der Waals surface area contributed by atoms with Gasteiger partial charge in [0.05, 0.1) is 5.54 Å². The van der Waals surface area contributed by atoms with Crippen LogP contribution < -0.4 is 10.2 Å². The molecule has 134 valence electrons. The summed E-state index contributed by atoms with van der Waals surface area (Å²) in [7, 11) is 0. The lowest BCUT2D eigenvalue weighted by Crippen LogP contribution is -2.43. The van der Waals surface area contributed by atoms with E-state index in [0.717, 1.165) is 50.0 Å². The molecule has 0 bridgehead atoms. The number of carbonyl (C=O) groups excluding carboxylic acids is 1. The lowest BCUT2D eigenvalue weighted by Gasteiger charge is -2.31. The van der Waals surface area contributed by atoms with Crippen molar-refractivity contribution in [1.82, 2.24) is 5.32 Å². The summed E-state index contributed by atoms with van der Waals surface area (Å²) in [5.41, 5.74) is 2.39. The minimum Gasteiger partial charge on any atom is -0.364 e. The maximum Gasteiger partial charge on any atom is 0.251 e. The summed E-state index contributed by atoms with van der Waals surface area (Å²) in [6, 6.07) is 14.3. The summed E-state index contributed by atoms with van der Waals surface area (Å²) in [4.78, 5) is 15.1. The van der Waals surface area contributed by atoms with Crippen molar-refractivity contribution in [3.63, 3.8) is 0 Å². The predicted molar refractivity (Wildman–Crippen MR) is 102 cm³/mol. The van der Waals surface area contributed by atoms with Crippen molar-refractivity contribution in [2.45, 2.75) is 31.2 Å². The third kappa shape index (κ3) is 3.24. The van der Waals surface area contributed by atoms with Crippen molar-refractivity contribution >= 4 is 11.6 Å². The van der Waals surface area contributed by atoms with E-state index >= 15 is 0 Å². The van der Waals surface area contributed by atoms with Crippen LogP contribution in [0, 0.1) is 5.82 Å². The summed E-state index contributed by atoms with van der Waals surface area (Å²) in [6.45, 7) is 1.83. The molecule has 2 aromatic carbocycles. The number of anilines is 1. The van der Waals surface area contributed by atoms with Crippen molar-refractivity contribution in [2.75, 3.05) is 18.0 Å². The molecule has 0 radical (unpaired) electrons. The second-order valence-corrected chi connectivity index (χ2v) is 7.17. The van der Waals surface area contributed by atoms with Gasteiger partial charge < -0.3 is 10.2 Å². The van der Waals surface area contributed by atoms with Crippen molar-refractivity contribution in [3.8, 4) is 0 Å². The molecule has 0 unspecified atom stereocenters. The standard InChI is InChI=1S/C22H23FN2O/c23-19-9-7-18(8-10-19)22(13-1-2-14-22)24-21(26)17-5-11-20(12-6-17)25-15-3-4-16-25/h3-12H,1-2,13-16H2,(H,24,26). The average Bonchev–Trinajstić information content (AvgIpc) is 3.35. The second-order valence-electron chi connectivity index (χ2n) is 7.17. The molecule has 0 spiro atoms. The number of amides is 1.